The van der Waals surface area contributed by atoms with Crippen LogP contribution in [0.3, 0.4) is 0 Å². The van der Waals surface area contributed by atoms with E-state index in [1.54, 1.807) is 7.11 Å². The van der Waals surface area contributed by atoms with Crippen molar-refractivity contribution in [3.05, 3.63) is 24.3 Å². The van der Waals surface area contributed by atoms with Gasteiger partial charge in [0.25, 0.3) is 0 Å². The molecule has 146 valence electrons. The zero-order chi connectivity index (χ0) is 19.0. The molecule has 1 saturated heterocycles. The predicted octanol–water partition coefficient (Wildman–Crippen LogP) is 3.70. The molecule has 0 aromatic carbocycles. The Morgan fingerprint density at radius 2 is 1.92 bits per heavy atom. The molecule has 0 aromatic heterocycles. The molecule has 3 aliphatic carbocycles. The number of ether oxygens (including phenoxy) is 3. The van der Waals surface area contributed by atoms with Gasteiger partial charge in [-0.15, -0.1) is 6.58 Å². The van der Waals surface area contributed by atoms with Crippen LogP contribution in [0.2, 0.25) is 0 Å². The van der Waals surface area contributed by atoms with Gasteiger partial charge in [-0.3, -0.25) is 0 Å². The van der Waals surface area contributed by atoms with E-state index < -0.39 is 16.8 Å². The summed E-state index contributed by atoms with van der Waals surface area (Å²) in [5.74, 6) is 0.111. The zero-order valence-electron chi connectivity index (χ0n) is 16.9. The molecule has 2 saturated carbocycles. The highest BCUT2D eigenvalue weighted by molar-refractivity contribution is 5.41. The summed E-state index contributed by atoms with van der Waals surface area (Å²) in [5.41, 5.74) is -0.570. The fourth-order valence-corrected chi connectivity index (χ4v) is 6.68. The number of fused-ring (bicyclic) bond motifs is 1. The van der Waals surface area contributed by atoms with Gasteiger partial charge < -0.3 is 19.3 Å². The first-order valence-electron chi connectivity index (χ1n) is 10.0. The summed E-state index contributed by atoms with van der Waals surface area (Å²) in [5, 5.41) is 12.4. The van der Waals surface area contributed by atoms with Crippen LogP contribution in [0.1, 0.15) is 47.0 Å². The average molecular weight is 363 g/mol. The van der Waals surface area contributed by atoms with Gasteiger partial charge >= 0.3 is 0 Å². The van der Waals surface area contributed by atoms with E-state index in [2.05, 4.69) is 40.3 Å². The lowest BCUT2D eigenvalue weighted by Gasteiger charge is -2.46. The molecule has 26 heavy (non-hydrogen) atoms. The van der Waals surface area contributed by atoms with E-state index in [1.165, 1.54) is 0 Å². The van der Waals surface area contributed by atoms with Gasteiger partial charge in [0.15, 0.2) is 5.79 Å². The molecule has 0 bridgehead atoms. The lowest BCUT2D eigenvalue weighted by molar-refractivity contribution is -0.166. The third kappa shape index (κ3) is 2.22. The summed E-state index contributed by atoms with van der Waals surface area (Å²) in [6.07, 6.45) is 6.96. The Bertz CT molecular complexity index is 632. The maximum absolute atomic E-state index is 12.4. The predicted molar refractivity (Wildman–Crippen MR) is 101 cm³/mol. The van der Waals surface area contributed by atoms with Gasteiger partial charge in [-0.05, 0) is 36.0 Å². The van der Waals surface area contributed by atoms with E-state index in [0.717, 1.165) is 24.8 Å². The van der Waals surface area contributed by atoms with E-state index in [-0.39, 0.29) is 17.4 Å². The van der Waals surface area contributed by atoms with Crippen molar-refractivity contribution >= 4 is 0 Å². The van der Waals surface area contributed by atoms with Crippen LogP contribution in [-0.2, 0) is 14.2 Å². The van der Waals surface area contributed by atoms with Crippen LogP contribution in [0.4, 0.5) is 0 Å². The topological polar surface area (TPSA) is 47.9 Å². The smallest absolute Gasteiger partial charge is 0.194 e. The fraction of sp³-hybridized carbons (Fsp3) is 0.818. The van der Waals surface area contributed by atoms with E-state index in [0.29, 0.717) is 25.0 Å². The third-order valence-electron chi connectivity index (χ3n) is 7.71. The number of methoxy groups -OCH3 is 1. The normalized spacial score (nSPS) is 48.8. The van der Waals surface area contributed by atoms with Crippen molar-refractivity contribution in [2.24, 2.45) is 28.6 Å². The summed E-state index contributed by atoms with van der Waals surface area (Å²) < 4.78 is 18.2. The summed E-state index contributed by atoms with van der Waals surface area (Å²) in [6.45, 7) is 14.1. The minimum absolute atomic E-state index is 0.0690. The molecule has 0 unspecified atom stereocenters. The molecule has 3 fully saturated rings. The molecule has 0 radical (unpaired) electrons. The highest BCUT2D eigenvalue weighted by Gasteiger charge is 2.70. The number of allylic oxidation sites excluding steroid dienone is 1. The maximum Gasteiger partial charge on any atom is 0.194 e. The van der Waals surface area contributed by atoms with E-state index in [4.69, 9.17) is 14.2 Å². The second-order valence-corrected chi connectivity index (χ2v) is 9.95. The molecule has 0 amide bonds. The average Bonchev–Trinajstić information content (AvgIpc) is 3.27. The Balaban J connectivity index is 1.85. The standard InChI is InChI=1S/C22H34O4/c1-7-20(5)11-15-16(10-14(2)18(15)24-6)22(20,23)17-12-19(3,4)13-21(17)25-8-9-26-21/h7,12,14-16,18,23H,1,8-11,13H2,2-6H3/t14-,15+,16+,18+,20+,22-/m1/s1. The summed E-state index contributed by atoms with van der Waals surface area (Å²) >= 11 is 0. The van der Waals surface area contributed by atoms with Crippen molar-refractivity contribution in [2.45, 2.75) is 64.4 Å². The molecule has 1 aliphatic heterocycles. The highest BCUT2D eigenvalue weighted by atomic mass is 16.7. The van der Waals surface area contributed by atoms with E-state index >= 15 is 0 Å². The summed E-state index contributed by atoms with van der Waals surface area (Å²) in [4.78, 5) is 0. The SMILES string of the molecule is C=C[C@@]1(C)C[C@@H]2[C@@H](OC)[C@H](C)C[C@@H]2[C@@]1(O)C1=CC(C)(C)CC12OCCO2. The van der Waals surface area contributed by atoms with Crippen molar-refractivity contribution < 1.29 is 19.3 Å². The molecule has 6 atom stereocenters. The van der Waals surface area contributed by atoms with Crippen LogP contribution in [0.25, 0.3) is 0 Å². The van der Waals surface area contributed by atoms with Gasteiger partial charge in [0.05, 0.1) is 19.3 Å². The van der Waals surface area contributed by atoms with Crippen LogP contribution in [0, 0.1) is 28.6 Å². The van der Waals surface area contributed by atoms with Gasteiger partial charge in [-0.25, -0.2) is 0 Å². The van der Waals surface area contributed by atoms with Gasteiger partial charge in [-0.2, -0.15) is 0 Å². The van der Waals surface area contributed by atoms with Gasteiger partial charge in [0.2, 0.25) is 0 Å². The molecule has 1 spiro atoms. The third-order valence-corrected chi connectivity index (χ3v) is 7.71. The van der Waals surface area contributed by atoms with E-state index in [1.807, 2.05) is 6.08 Å². The fourth-order valence-electron chi connectivity index (χ4n) is 6.68. The van der Waals surface area contributed by atoms with Crippen molar-refractivity contribution in [1.82, 2.24) is 0 Å². The van der Waals surface area contributed by atoms with Crippen molar-refractivity contribution in [2.75, 3.05) is 20.3 Å². The van der Waals surface area contributed by atoms with Gasteiger partial charge in [-0.1, -0.05) is 39.8 Å². The molecule has 1 heterocycles. The highest BCUT2D eigenvalue weighted by Crippen LogP contribution is 2.67. The first-order valence-corrected chi connectivity index (χ1v) is 10.0. The quantitative estimate of drug-likeness (QED) is 0.778. The molecule has 1 N–H and O–H groups in total. The van der Waals surface area contributed by atoms with Crippen molar-refractivity contribution in [3.63, 3.8) is 0 Å². The Labute approximate surface area is 157 Å². The van der Waals surface area contributed by atoms with Gasteiger partial charge in [0, 0.05) is 24.5 Å². The van der Waals surface area contributed by atoms with Crippen LogP contribution >= 0.6 is 0 Å². The second kappa shape index (κ2) is 5.66. The van der Waals surface area contributed by atoms with Crippen LogP contribution < -0.4 is 0 Å². The largest absolute Gasteiger partial charge is 0.384 e. The number of hydrogen-bond donors (Lipinski definition) is 1. The molecular formula is C22H34O4. The van der Waals surface area contributed by atoms with E-state index in [9.17, 15) is 5.11 Å². The van der Waals surface area contributed by atoms with Crippen LogP contribution in [-0.4, -0.2) is 42.9 Å². The number of aliphatic hydroxyl groups is 1. The zero-order valence-corrected chi connectivity index (χ0v) is 16.9. The second-order valence-electron chi connectivity index (χ2n) is 9.95. The number of hydrogen-bond acceptors (Lipinski definition) is 4. The molecule has 4 heteroatoms. The van der Waals surface area contributed by atoms with Crippen molar-refractivity contribution in [1.29, 1.82) is 0 Å². The molecule has 4 nitrogen and oxygen atoms in total. The number of rotatable bonds is 3. The molecule has 4 rings (SSSR count). The first kappa shape index (κ1) is 18.7. The summed E-state index contributed by atoms with van der Waals surface area (Å²) in [6, 6.07) is 0. The monoisotopic (exact) mass is 362 g/mol. The van der Waals surface area contributed by atoms with Crippen LogP contribution in [0.15, 0.2) is 24.3 Å². The summed E-state index contributed by atoms with van der Waals surface area (Å²) in [7, 11) is 1.80. The maximum atomic E-state index is 12.4. The first-order chi connectivity index (χ1) is 12.1. The lowest BCUT2D eigenvalue weighted by Crippen LogP contribution is -2.53. The molecular weight excluding hydrogens is 328 g/mol. The van der Waals surface area contributed by atoms with Crippen molar-refractivity contribution in [3.8, 4) is 0 Å². The Morgan fingerprint density at radius 1 is 1.27 bits per heavy atom. The lowest BCUT2D eigenvalue weighted by atomic mass is 9.66. The van der Waals surface area contributed by atoms with Gasteiger partial charge in [0.1, 0.15) is 5.60 Å². The van der Waals surface area contributed by atoms with Crippen LogP contribution in [0.5, 0.6) is 0 Å². The molecule has 4 aliphatic rings. The minimum Gasteiger partial charge on any atom is -0.384 e. The molecule has 0 aromatic rings. The Kier molecular flexibility index (Phi) is 4.07. The Morgan fingerprint density at radius 3 is 2.50 bits per heavy atom. The Hall–Kier alpha value is -0.680. The minimum atomic E-state index is -1.01.